The van der Waals surface area contributed by atoms with E-state index in [-0.39, 0.29) is 30.8 Å². The number of fused-ring (bicyclic) bond motifs is 1. The molecule has 0 spiro atoms. The van der Waals surface area contributed by atoms with E-state index in [0.29, 0.717) is 16.9 Å². The maximum absolute atomic E-state index is 12.8. The van der Waals surface area contributed by atoms with Gasteiger partial charge in [-0.15, -0.1) is 0 Å². The van der Waals surface area contributed by atoms with Gasteiger partial charge in [0.25, 0.3) is 0 Å². The van der Waals surface area contributed by atoms with Crippen LogP contribution in [0.15, 0.2) is 48.5 Å². The average Bonchev–Trinajstić information content (AvgIpc) is 2.74. The maximum atomic E-state index is 12.8. The van der Waals surface area contributed by atoms with Gasteiger partial charge < -0.3 is 15.5 Å². The summed E-state index contributed by atoms with van der Waals surface area (Å²) in [5.74, 6) is -0.226. The molecule has 1 atom stereocenters. The molecule has 0 saturated heterocycles. The molecule has 0 bridgehead atoms. The number of nitrogens with zero attached hydrogens (tertiary/aromatic N) is 2. The van der Waals surface area contributed by atoms with Gasteiger partial charge in [0.2, 0.25) is 11.8 Å². The molecule has 1 aliphatic heterocycles. The molecule has 0 saturated carbocycles. The third-order valence-corrected chi connectivity index (χ3v) is 4.09. The number of hydrogen-bond acceptors (Lipinski definition) is 4. The highest BCUT2D eigenvalue weighted by Crippen LogP contribution is 2.31. The van der Waals surface area contributed by atoms with Crippen molar-refractivity contribution < 1.29 is 9.59 Å². The van der Waals surface area contributed by atoms with Crippen LogP contribution in [0.2, 0.25) is 0 Å². The number of anilines is 3. The number of rotatable bonds is 3. The lowest BCUT2D eigenvalue weighted by atomic mass is 10.1. The quantitative estimate of drug-likeness (QED) is 0.904. The number of nitrogens with one attached hydrogen (secondary N) is 2. The molecule has 0 fully saturated rings. The van der Waals surface area contributed by atoms with E-state index in [1.54, 1.807) is 35.2 Å². The first kappa shape index (κ1) is 16.5. The standard InChI is InChI=1S/C19H18N4O2/c1-13-10-18(24)22-16-4-2-3-5-17(16)23(13)19(25)12-21-15-8-6-14(11-20)7-9-15/h2-9,13,21H,10,12H2,1H3,(H,22,24). The predicted octanol–water partition coefficient (Wildman–Crippen LogP) is 2.73. The Bertz CT molecular complexity index is 839. The van der Waals surface area contributed by atoms with Crippen molar-refractivity contribution in [3.8, 4) is 6.07 Å². The van der Waals surface area contributed by atoms with Gasteiger partial charge in [0.05, 0.1) is 29.6 Å². The van der Waals surface area contributed by atoms with Gasteiger partial charge in [-0.1, -0.05) is 12.1 Å². The lowest BCUT2D eigenvalue weighted by Crippen LogP contribution is -2.42. The van der Waals surface area contributed by atoms with Crippen molar-refractivity contribution in [2.45, 2.75) is 19.4 Å². The van der Waals surface area contributed by atoms with E-state index in [9.17, 15) is 9.59 Å². The number of benzene rings is 2. The van der Waals surface area contributed by atoms with Crippen LogP contribution in [0.1, 0.15) is 18.9 Å². The van der Waals surface area contributed by atoms with Crippen molar-refractivity contribution in [2.24, 2.45) is 0 Å². The summed E-state index contributed by atoms with van der Waals surface area (Å²) in [4.78, 5) is 26.4. The number of carbonyl (C=O) groups is 2. The Kier molecular flexibility index (Phi) is 4.66. The van der Waals surface area contributed by atoms with Gasteiger partial charge in [0, 0.05) is 18.2 Å². The number of amides is 2. The molecule has 0 aliphatic carbocycles. The zero-order valence-electron chi connectivity index (χ0n) is 13.8. The van der Waals surface area contributed by atoms with Gasteiger partial charge in [-0.05, 0) is 43.3 Å². The minimum Gasteiger partial charge on any atom is -0.376 e. The average molecular weight is 334 g/mol. The first-order valence-electron chi connectivity index (χ1n) is 8.03. The third-order valence-electron chi connectivity index (χ3n) is 4.09. The normalized spacial score (nSPS) is 16.2. The second-order valence-corrected chi connectivity index (χ2v) is 5.92. The van der Waals surface area contributed by atoms with E-state index >= 15 is 0 Å². The summed E-state index contributed by atoms with van der Waals surface area (Å²) >= 11 is 0. The van der Waals surface area contributed by atoms with Gasteiger partial charge in [0.1, 0.15) is 0 Å². The van der Waals surface area contributed by atoms with E-state index in [4.69, 9.17) is 5.26 Å². The number of para-hydroxylation sites is 2. The molecule has 2 aromatic carbocycles. The lowest BCUT2D eigenvalue weighted by molar-refractivity contribution is -0.118. The fourth-order valence-corrected chi connectivity index (χ4v) is 2.89. The molecule has 2 amide bonds. The van der Waals surface area contributed by atoms with Gasteiger partial charge in [0.15, 0.2) is 0 Å². The van der Waals surface area contributed by atoms with Gasteiger partial charge >= 0.3 is 0 Å². The monoisotopic (exact) mass is 334 g/mol. The minimum absolute atomic E-state index is 0.0960. The van der Waals surface area contributed by atoms with Crippen LogP contribution < -0.4 is 15.5 Å². The molecule has 6 heteroatoms. The molecule has 25 heavy (non-hydrogen) atoms. The van der Waals surface area contributed by atoms with Crippen LogP contribution in [-0.2, 0) is 9.59 Å². The first-order chi connectivity index (χ1) is 12.1. The van der Waals surface area contributed by atoms with Gasteiger partial charge in [-0.2, -0.15) is 5.26 Å². The fourth-order valence-electron chi connectivity index (χ4n) is 2.89. The summed E-state index contributed by atoms with van der Waals surface area (Å²) in [6.07, 6.45) is 0.247. The van der Waals surface area contributed by atoms with Crippen LogP contribution in [-0.4, -0.2) is 24.4 Å². The molecule has 126 valence electrons. The summed E-state index contributed by atoms with van der Waals surface area (Å²) in [7, 11) is 0. The molecule has 1 unspecified atom stereocenters. The molecule has 0 aromatic heterocycles. The zero-order valence-corrected chi connectivity index (χ0v) is 13.8. The second kappa shape index (κ2) is 7.05. The van der Waals surface area contributed by atoms with E-state index < -0.39 is 0 Å². The van der Waals surface area contributed by atoms with Crippen molar-refractivity contribution in [3.63, 3.8) is 0 Å². The third kappa shape index (κ3) is 3.61. The highest BCUT2D eigenvalue weighted by atomic mass is 16.2. The Morgan fingerprint density at radius 3 is 2.72 bits per heavy atom. The Balaban J connectivity index is 1.78. The van der Waals surface area contributed by atoms with E-state index in [1.807, 2.05) is 25.1 Å². The fraction of sp³-hybridized carbons (Fsp3) is 0.211. The molecule has 2 aromatic rings. The Morgan fingerprint density at radius 2 is 2.00 bits per heavy atom. The summed E-state index contributed by atoms with van der Waals surface area (Å²) in [5.41, 5.74) is 2.67. The van der Waals surface area contributed by atoms with Crippen LogP contribution in [0.4, 0.5) is 17.1 Å². The summed E-state index contributed by atoms with van der Waals surface area (Å²) in [6.45, 7) is 1.96. The van der Waals surface area contributed by atoms with Crippen LogP contribution in [0.25, 0.3) is 0 Å². The van der Waals surface area contributed by atoms with E-state index in [2.05, 4.69) is 16.7 Å². The zero-order chi connectivity index (χ0) is 17.8. The van der Waals surface area contributed by atoms with Crippen LogP contribution >= 0.6 is 0 Å². The molecule has 3 rings (SSSR count). The van der Waals surface area contributed by atoms with E-state index in [1.165, 1.54) is 0 Å². The van der Waals surface area contributed by atoms with Crippen molar-refractivity contribution in [1.29, 1.82) is 5.26 Å². The Morgan fingerprint density at radius 1 is 1.28 bits per heavy atom. The number of nitriles is 1. The molecule has 2 N–H and O–H groups in total. The number of carbonyl (C=O) groups excluding carboxylic acids is 2. The topological polar surface area (TPSA) is 85.2 Å². The second-order valence-electron chi connectivity index (χ2n) is 5.92. The van der Waals surface area contributed by atoms with Crippen LogP contribution in [0, 0.1) is 11.3 Å². The first-order valence-corrected chi connectivity index (χ1v) is 8.03. The van der Waals surface area contributed by atoms with Crippen molar-refractivity contribution in [1.82, 2.24) is 0 Å². The summed E-state index contributed by atoms with van der Waals surface area (Å²) in [6, 6.07) is 16.0. The summed E-state index contributed by atoms with van der Waals surface area (Å²) in [5, 5.41) is 14.7. The van der Waals surface area contributed by atoms with Gasteiger partial charge in [-0.25, -0.2) is 0 Å². The van der Waals surface area contributed by atoms with Crippen molar-refractivity contribution >= 4 is 28.9 Å². The van der Waals surface area contributed by atoms with Crippen LogP contribution in [0.3, 0.4) is 0 Å². The molecule has 6 nitrogen and oxygen atoms in total. The lowest BCUT2D eigenvalue weighted by Gasteiger charge is -2.28. The maximum Gasteiger partial charge on any atom is 0.246 e. The minimum atomic E-state index is -0.237. The number of hydrogen-bond donors (Lipinski definition) is 2. The van der Waals surface area contributed by atoms with Crippen molar-refractivity contribution in [2.75, 3.05) is 22.1 Å². The highest BCUT2D eigenvalue weighted by molar-refractivity contribution is 6.05. The molecular weight excluding hydrogens is 316 g/mol. The van der Waals surface area contributed by atoms with Crippen LogP contribution in [0.5, 0.6) is 0 Å². The molecule has 1 heterocycles. The smallest absolute Gasteiger partial charge is 0.246 e. The molecular formula is C19H18N4O2. The molecule has 1 aliphatic rings. The van der Waals surface area contributed by atoms with Gasteiger partial charge in [-0.3, -0.25) is 9.59 Å². The SMILES string of the molecule is CC1CC(=O)Nc2ccccc2N1C(=O)CNc1ccc(C#N)cc1. The van der Waals surface area contributed by atoms with Crippen molar-refractivity contribution in [3.05, 3.63) is 54.1 Å². The largest absolute Gasteiger partial charge is 0.376 e. The Hall–Kier alpha value is -3.33. The van der Waals surface area contributed by atoms with E-state index in [0.717, 1.165) is 5.69 Å². The predicted molar refractivity (Wildman–Crippen MR) is 96.3 cm³/mol. The highest BCUT2D eigenvalue weighted by Gasteiger charge is 2.29. The summed E-state index contributed by atoms with van der Waals surface area (Å²) < 4.78 is 0. The molecule has 0 radical (unpaired) electrons. The Labute approximate surface area is 146 Å².